The van der Waals surface area contributed by atoms with Gasteiger partial charge in [0.15, 0.2) is 0 Å². The molecule has 0 atom stereocenters. The van der Waals surface area contributed by atoms with E-state index in [1.165, 1.54) is 30.7 Å². The van der Waals surface area contributed by atoms with E-state index in [-0.39, 0.29) is 11.5 Å². The second kappa shape index (κ2) is 20.9. The predicted octanol–water partition coefficient (Wildman–Crippen LogP) is 4.93. The van der Waals surface area contributed by atoms with Gasteiger partial charge in [0.25, 0.3) is 0 Å². The average molecular weight is 720 g/mol. The molecule has 2 aromatic heterocycles. The van der Waals surface area contributed by atoms with Gasteiger partial charge in [0.05, 0.1) is 0 Å². The van der Waals surface area contributed by atoms with E-state index in [2.05, 4.69) is 17.1 Å². The van der Waals surface area contributed by atoms with E-state index < -0.39 is 47.8 Å². The number of esters is 1. The van der Waals surface area contributed by atoms with Crippen LogP contribution in [-0.4, -0.2) is 34.0 Å². The molecule has 0 bridgehead atoms. The lowest BCUT2D eigenvalue weighted by Crippen LogP contribution is -2.26. The van der Waals surface area contributed by atoms with E-state index in [0.29, 0.717) is 29.6 Å². The van der Waals surface area contributed by atoms with Crippen molar-refractivity contribution >= 4 is 45.7 Å². The molecule has 53 heavy (non-hydrogen) atoms. The number of phenolic OH excluding ortho intramolecular Hbond substituents is 1. The third-order valence-corrected chi connectivity index (χ3v) is 6.71. The molecule has 4 aromatic carbocycles. The third-order valence-electron chi connectivity index (χ3n) is 6.71. The van der Waals surface area contributed by atoms with Crippen LogP contribution in [0.4, 0.5) is 0 Å². The molecule has 0 fully saturated rings. The van der Waals surface area contributed by atoms with Gasteiger partial charge in [-0.2, -0.15) is 0 Å². The summed E-state index contributed by atoms with van der Waals surface area (Å²) < 4.78 is 20.7. The molecule has 0 unspecified atom stereocenters. The summed E-state index contributed by atoms with van der Waals surface area (Å²) in [6.45, 7) is 0.709. The first kappa shape index (κ1) is 38.3. The number of aromatic hydroxyl groups is 1. The average Bonchev–Trinajstić information content (AvgIpc) is 3.14. The molecule has 2 heterocycles. The minimum atomic E-state index is -1.12. The van der Waals surface area contributed by atoms with Crippen LogP contribution in [0.2, 0.25) is 0 Å². The summed E-state index contributed by atoms with van der Waals surface area (Å²) >= 11 is 0. The Morgan fingerprint density at radius 1 is 0.660 bits per heavy atom. The van der Waals surface area contributed by atoms with Gasteiger partial charge in [0.1, 0.15) is 36.9 Å². The quantitative estimate of drug-likeness (QED) is 0.0519. The van der Waals surface area contributed by atoms with E-state index >= 15 is 0 Å². The summed E-state index contributed by atoms with van der Waals surface area (Å²) in [4.78, 5) is 66.7. The van der Waals surface area contributed by atoms with Crippen LogP contribution in [0.3, 0.4) is 0 Å². The van der Waals surface area contributed by atoms with Crippen molar-refractivity contribution in [2.45, 2.75) is 25.9 Å². The van der Waals surface area contributed by atoms with Crippen LogP contribution >= 0.6 is 0 Å². The normalized spacial score (nSPS) is 9.91. The maximum Gasteiger partial charge on any atom is 0.336 e. The SMILES string of the molecule is O=C(CC(=O)Oc1ccc2ccc(=O)oc2c1)NCc1ccccc1.O=C(O)CC(=O)NCc1ccccc1.O=c1ccc2ccc(O)cc2o1.[2H]C#C. The molecular weight excluding hydrogens is 684 g/mol. The minimum Gasteiger partial charge on any atom is -0.508 e. The van der Waals surface area contributed by atoms with Crippen LogP contribution in [0.1, 0.15) is 25.3 Å². The van der Waals surface area contributed by atoms with E-state index in [1.807, 2.05) is 60.7 Å². The first-order valence-corrected chi connectivity index (χ1v) is 15.6. The van der Waals surface area contributed by atoms with Crippen molar-refractivity contribution in [2.24, 2.45) is 0 Å². The highest BCUT2D eigenvalue weighted by molar-refractivity contribution is 5.95. The van der Waals surface area contributed by atoms with Crippen molar-refractivity contribution in [1.29, 1.82) is 0 Å². The molecule has 0 radical (unpaired) electrons. The molecule has 0 spiro atoms. The number of terminal acetylenes is 1. The number of phenols is 1. The first-order chi connectivity index (χ1) is 25.9. The van der Waals surface area contributed by atoms with E-state index in [1.54, 1.807) is 36.4 Å². The number of aliphatic carboxylic acids is 1. The number of hydrogen-bond acceptors (Lipinski definition) is 10. The molecule has 0 saturated heterocycles. The minimum absolute atomic E-state index is 0.0943. The Hall–Kier alpha value is -7.46. The number of carboxylic acid groups (broad SMARTS) is 1. The maximum absolute atomic E-state index is 11.9. The smallest absolute Gasteiger partial charge is 0.336 e. The van der Waals surface area contributed by atoms with Crippen LogP contribution in [0, 0.1) is 12.8 Å². The van der Waals surface area contributed by atoms with Crippen LogP contribution in [-0.2, 0) is 32.3 Å². The number of nitrogens with one attached hydrogen (secondary N) is 2. The second-order valence-corrected chi connectivity index (χ2v) is 10.7. The number of carboxylic acids is 1. The first-order valence-electron chi connectivity index (χ1n) is 16.1. The standard InChI is InChI=1S/C19H15NO5.C10H11NO3.C9H6O3.C2H2/c21-17(20-12-13-4-2-1-3-5-13)11-19(23)24-15-8-6-14-7-9-18(22)25-16(14)10-15;12-9(6-10(13)14)11-7-8-4-2-1-3-5-8;10-7-3-1-6-2-4-9(11)12-8(6)5-7;1-2/h1-10H,11-12H2,(H,20,21);1-5H,6-7H2,(H,11,12)(H,13,14);1-5,10H;1-2H/i;;;1D. The molecule has 13 heteroatoms. The fraction of sp³-hybridized carbons (Fsp3) is 0.100. The fourth-order valence-electron chi connectivity index (χ4n) is 4.31. The van der Waals surface area contributed by atoms with Crippen molar-refractivity contribution in [3.8, 4) is 24.3 Å². The van der Waals surface area contributed by atoms with Gasteiger partial charge in [0, 0.05) is 48.1 Å². The number of fused-ring (bicyclic) bond motifs is 2. The van der Waals surface area contributed by atoms with Crippen LogP contribution < -0.4 is 26.6 Å². The topological polar surface area (TPSA) is 202 Å². The number of ether oxygens (including phenoxy) is 1. The van der Waals surface area contributed by atoms with Gasteiger partial charge >= 0.3 is 23.2 Å². The lowest BCUT2D eigenvalue weighted by Gasteiger charge is -2.06. The lowest BCUT2D eigenvalue weighted by atomic mass is 10.2. The molecule has 2 amide bonds. The van der Waals surface area contributed by atoms with Crippen LogP contribution in [0.15, 0.2) is 140 Å². The molecule has 6 rings (SSSR count). The Bertz CT molecular complexity index is 2330. The molecule has 0 saturated carbocycles. The highest BCUT2D eigenvalue weighted by Gasteiger charge is 2.12. The lowest BCUT2D eigenvalue weighted by molar-refractivity contribution is -0.141. The van der Waals surface area contributed by atoms with Crippen molar-refractivity contribution < 1.29 is 44.3 Å². The van der Waals surface area contributed by atoms with E-state index in [0.717, 1.165) is 16.5 Å². The van der Waals surface area contributed by atoms with E-state index in [9.17, 15) is 28.8 Å². The highest BCUT2D eigenvalue weighted by Crippen LogP contribution is 2.20. The van der Waals surface area contributed by atoms with E-state index in [4.69, 9.17) is 25.2 Å². The van der Waals surface area contributed by atoms with Crippen molar-refractivity contribution in [3.63, 3.8) is 0 Å². The van der Waals surface area contributed by atoms with Crippen LogP contribution in [0.25, 0.3) is 21.9 Å². The zero-order valence-corrected chi connectivity index (χ0v) is 28.0. The van der Waals surface area contributed by atoms with Crippen molar-refractivity contribution in [3.05, 3.63) is 153 Å². The molecule has 0 aliphatic carbocycles. The molecule has 0 aliphatic rings. The summed E-state index contributed by atoms with van der Waals surface area (Å²) in [6.07, 6.45) is 4.89. The fourth-order valence-corrected chi connectivity index (χ4v) is 4.31. The zero-order valence-electron chi connectivity index (χ0n) is 29.0. The second-order valence-electron chi connectivity index (χ2n) is 10.7. The zero-order chi connectivity index (χ0) is 39.3. The van der Waals surface area contributed by atoms with Crippen LogP contribution in [0.5, 0.6) is 11.5 Å². The number of rotatable bonds is 9. The van der Waals surface area contributed by atoms with Crippen molar-refractivity contribution in [1.82, 2.24) is 10.6 Å². The Kier molecular flexibility index (Phi) is 15.1. The number of hydrogen-bond donors (Lipinski definition) is 4. The Morgan fingerprint density at radius 3 is 1.62 bits per heavy atom. The molecular formula is C40H34N2O11. The summed E-state index contributed by atoms with van der Waals surface area (Å²) in [6, 6.07) is 33.9. The molecule has 13 nitrogen and oxygen atoms in total. The molecule has 270 valence electrons. The molecule has 6 aromatic rings. The monoisotopic (exact) mass is 719 g/mol. The highest BCUT2D eigenvalue weighted by atomic mass is 16.5. The number of benzene rings is 4. The number of carbonyl (C=O) groups excluding carboxylic acids is 3. The molecule has 4 N–H and O–H groups in total. The van der Waals surface area contributed by atoms with Gasteiger partial charge < -0.3 is 34.4 Å². The summed E-state index contributed by atoms with van der Waals surface area (Å²) in [5.74, 6) is -2.40. The summed E-state index contributed by atoms with van der Waals surface area (Å²) in [7, 11) is 0. The summed E-state index contributed by atoms with van der Waals surface area (Å²) in [5, 5.41) is 24.0. The maximum atomic E-state index is 11.9. The van der Waals surface area contributed by atoms with Gasteiger partial charge in [-0.15, -0.1) is 12.8 Å². The van der Waals surface area contributed by atoms with Gasteiger partial charge in [0.2, 0.25) is 11.8 Å². The van der Waals surface area contributed by atoms with Gasteiger partial charge in [-0.1, -0.05) is 60.7 Å². The predicted molar refractivity (Wildman–Crippen MR) is 196 cm³/mol. The van der Waals surface area contributed by atoms with Gasteiger partial charge in [-0.3, -0.25) is 19.2 Å². The number of carbonyl (C=O) groups is 4. The summed E-state index contributed by atoms with van der Waals surface area (Å²) in [5.41, 5.74) is 1.71. The van der Waals surface area contributed by atoms with Crippen molar-refractivity contribution in [2.75, 3.05) is 0 Å². The number of amides is 2. The Morgan fingerprint density at radius 2 is 1.11 bits per heavy atom. The van der Waals surface area contributed by atoms with Gasteiger partial charge in [-0.05, 0) is 47.5 Å². The third kappa shape index (κ3) is 14.5. The van der Waals surface area contributed by atoms with Gasteiger partial charge in [-0.25, -0.2) is 9.59 Å². The Balaban J connectivity index is 0.000000228. The largest absolute Gasteiger partial charge is 0.508 e. The molecule has 0 aliphatic heterocycles. The Labute approximate surface area is 303 Å².